The van der Waals surface area contributed by atoms with Gasteiger partial charge in [0.1, 0.15) is 5.82 Å². The fourth-order valence-corrected chi connectivity index (χ4v) is 1.82. The van der Waals surface area contributed by atoms with Crippen LogP contribution in [0, 0.1) is 21.3 Å². The number of nitro groups is 1. The average molecular weight is 270 g/mol. The molecule has 0 spiro atoms. The number of hydrogen-bond donors (Lipinski definition) is 2. The zero-order valence-electron chi connectivity index (χ0n) is 11.1. The van der Waals surface area contributed by atoms with E-state index in [1.54, 1.807) is 0 Å². The van der Waals surface area contributed by atoms with Crippen LogP contribution in [0.5, 0.6) is 0 Å². The molecule has 0 aliphatic carbocycles. The number of halogens is 1. The quantitative estimate of drug-likeness (QED) is 0.590. The lowest BCUT2D eigenvalue weighted by Crippen LogP contribution is -2.32. The lowest BCUT2D eigenvalue weighted by atomic mass is 9.83. The van der Waals surface area contributed by atoms with Gasteiger partial charge in [0.2, 0.25) is 0 Å². The van der Waals surface area contributed by atoms with Gasteiger partial charge in [0, 0.05) is 24.1 Å². The molecule has 0 saturated heterocycles. The Morgan fingerprint density at radius 2 is 2.05 bits per heavy atom. The molecule has 19 heavy (non-hydrogen) atoms. The molecule has 0 heterocycles. The molecule has 0 unspecified atom stereocenters. The van der Waals surface area contributed by atoms with Gasteiger partial charge in [-0.1, -0.05) is 13.8 Å². The number of aliphatic hydroxyl groups excluding tert-OH is 1. The van der Waals surface area contributed by atoms with E-state index < -0.39 is 10.7 Å². The molecule has 0 atom stereocenters. The molecular formula is C13H19FN2O3. The zero-order valence-corrected chi connectivity index (χ0v) is 11.1. The summed E-state index contributed by atoms with van der Waals surface area (Å²) < 4.78 is 13.6. The van der Waals surface area contributed by atoms with Gasteiger partial charge in [0.05, 0.1) is 17.2 Å². The molecular weight excluding hydrogens is 251 g/mol. The van der Waals surface area contributed by atoms with Gasteiger partial charge in [0.25, 0.3) is 5.69 Å². The van der Waals surface area contributed by atoms with E-state index in [4.69, 9.17) is 0 Å². The van der Waals surface area contributed by atoms with Gasteiger partial charge in [0.15, 0.2) is 0 Å². The largest absolute Gasteiger partial charge is 0.396 e. The summed E-state index contributed by atoms with van der Waals surface area (Å²) in [5.74, 6) is -0.537. The Morgan fingerprint density at radius 1 is 1.42 bits per heavy atom. The summed E-state index contributed by atoms with van der Waals surface area (Å²) >= 11 is 0. The number of aliphatic hydroxyl groups is 1. The maximum absolute atomic E-state index is 13.6. The maximum atomic E-state index is 13.6. The Balaban J connectivity index is 2.87. The van der Waals surface area contributed by atoms with Crippen molar-refractivity contribution in [3.8, 4) is 0 Å². The lowest BCUT2D eigenvalue weighted by Gasteiger charge is -2.30. The molecule has 0 aliphatic rings. The Bertz CT molecular complexity index is 439. The number of benzene rings is 1. The molecule has 0 aliphatic heterocycles. The minimum absolute atomic E-state index is 0.0104. The van der Waals surface area contributed by atoms with Gasteiger partial charge < -0.3 is 10.4 Å². The molecule has 1 aromatic rings. The molecule has 0 amide bonds. The van der Waals surface area contributed by atoms with Crippen molar-refractivity contribution in [3.05, 3.63) is 34.1 Å². The minimum Gasteiger partial charge on any atom is -0.396 e. The summed E-state index contributed by atoms with van der Waals surface area (Å²) in [6, 6.07) is 3.36. The summed E-state index contributed by atoms with van der Waals surface area (Å²) in [6.45, 7) is 4.26. The highest BCUT2D eigenvalue weighted by atomic mass is 19.1. The third-order valence-electron chi connectivity index (χ3n) is 3.65. The summed E-state index contributed by atoms with van der Waals surface area (Å²) in [6.07, 6.45) is 1.48. The van der Waals surface area contributed by atoms with Crippen LogP contribution in [0.3, 0.4) is 0 Å². The second kappa shape index (κ2) is 6.47. The van der Waals surface area contributed by atoms with Gasteiger partial charge >= 0.3 is 0 Å². The van der Waals surface area contributed by atoms with Crippen LogP contribution < -0.4 is 5.32 Å². The van der Waals surface area contributed by atoms with E-state index in [1.807, 2.05) is 13.8 Å². The highest BCUT2D eigenvalue weighted by Gasteiger charge is 2.25. The van der Waals surface area contributed by atoms with Crippen LogP contribution in [-0.4, -0.2) is 23.2 Å². The molecule has 1 aromatic carbocycles. The van der Waals surface area contributed by atoms with E-state index in [-0.39, 0.29) is 23.4 Å². The molecule has 1 rings (SSSR count). The number of nitro benzene ring substituents is 1. The van der Waals surface area contributed by atoms with E-state index in [0.29, 0.717) is 6.54 Å². The number of rotatable bonds is 7. The van der Waals surface area contributed by atoms with Crippen molar-refractivity contribution >= 4 is 11.4 Å². The monoisotopic (exact) mass is 270 g/mol. The molecule has 0 saturated carbocycles. The van der Waals surface area contributed by atoms with Crippen molar-refractivity contribution < 1.29 is 14.4 Å². The zero-order chi connectivity index (χ0) is 14.5. The summed E-state index contributed by atoms with van der Waals surface area (Å²) in [5.41, 5.74) is -0.405. The van der Waals surface area contributed by atoms with Crippen LogP contribution >= 0.6 is 0 Å². The van der Waals surface area contributed by atoms with Gasteiger partial charge in [-0.2, -0.15) is 0 Å². The van der Waals surface area contributed by atoms with Crippen molar-refractivity contribution in [2.24, 2.45) is 5.41 Å². The summed E-state index contributed by atoms with van der Waals surface area (Å²) in [4.78, 5) is 10.1. The second-order valence-electron chi connectivity index (χ2n) is 4.64. The normalized spacial score (nSPS) is 11.4. The van der Waals surface area contributed by atoms with E-state index >= 15 is 0 Å². The first kappa shape index (κ1) is 15.4. The van der Waals surface area contributed by atoms with Gasteiger partial charge in [-0.05, 0) is 18.9 Å². The number of nitrogens with zero attached hydrogens (tertiary/aromatic N) is 1. The molecule has 0 radical (unpaired) electrons. The predicted molar refractivity (Wildman–Crippen MR) is 71.6 cm³/mol. The number of nitrogens with one attached hydrogen (secondary N) is 1. The third-order valence-corrected chi connectivity index (χ3v) is 3.65. The molecule has 0 fully saturated rings. The first-order valence-electron chi connectivity index (χ1n) is 6.26. The van der Waals surface area contributed by atoms with Crippen LogP contribution in [0.2, 0.25) is 0 Å². The Labute approximate surface area is 111 Å². The Morgan fingerprint density at radius 3 is 2.53 bits per heavy atom. The van der Waals surface area contributed by atoms with Crippen LogP contribution in [0.15, 0.2) is 18.2 Å². The third kappa shape index (κ3) is 3.64. The van der Waals surface area contributed by atoms with E-state index in [1.165, 1.54) is 6.07 Å². The fraction of sp³-hybridized carbons (Fsp3) is 0.538. The molecule has 0 aromatic heterocycles. The van der Waals surface area contributed by atoms with Crippen LogP contribution in [-0.2, 0) is 0 Å². The first-order valence-corrected chi connectivity index (χ1v) is 6.26. The van der Waals surface area contributed by atoms with Crippen LogP contribution in [0.4, 0.5) is 15.8 Å². The lowest BCUT2D eigenvalue weighted by molar-refractivity contribution is -0.384. The van der Waals surface area contributed by atoms with Gasteiger partial charge in [-0.3, -0.25) is 10.1 Å². The van der Waals surface area contributed by atoms with E-state index in [9.17, 15) is 19.6 Å². The first-order chi connectivity index (χ1) is 8.98. The van der Waals surface area contributed by atoms with Crippen molar-refractivity contribution in [2.45, 2.75) is 26.7 Å². The average Bonchev–Trinajstić information content (AvgIpc) is 2.42. The predicted octanol–water partition coefficient (Wildman–Crippen LogP) is 2.94. The maximum Gasteiger partial charge on any atom is 0.271 e. The van der Waals surface area contributed by atoms with Gasteiger partial charge in [-0.25, -0.2) is 4.39 Å². The SMILES string of the molecule is CCC(CC)(CO)CNc1cc([N+](=O)[O-])ccc1F. The van der Waals surface area contributed by atoms with Crippen molar-refractivity contribution in [3.63, 3.8) is 0 Å². The molecule has 5 nitrogen and oxygen atoms in total. The van der Waals surface area contributed by atoms with Crippen molar-refractivity contribution in [1.82, 2.24) is 0 Å². The Kier molecular flexibility index (Phi) is 5.23. The molecule has 106 valence electrons. The molecule has 0 bridgehead atoms. The highest BCUT2D eigenvalue weighted by molar-refractivity contribution is 5.52. The van der Waals surface area contributed by atoms with E-state index in [0.717, 1.165) is 25.0 Å². The molecule has 6 heteroatoms. The summed E-state index contributed by atoms with van der Waals surface area (Å²) in [5, 5.41) is 22.9. The van der Waals surface area contributed by atoms with Crippen LogP contribution in [0.25, 0.3) is 0 Å². The molecule has 2 N–H and O–H groups in total. The second-order valence-corrected chi connectivity index (χ2v) is 4.64. The fourth-order valence-electron chi connectivity index (χ4n) is 1.82. The van der Waals surface area contributed by atoms with Crippen LogP contribution in [0.1, 0.15) is 26.7 Å². The smallest absolute Gasteiger partial charge is 0.271 e. The van der Waals surface area contributed by atoms with Crippen molar-refractivity contribution in [1.29, 1.82) is 0 Å². The standard InChI is InChI=1S/C13H19FN2O3/c1-3-13(4-2,9-17)8-15-12-7-10(16(18)19)5-6-11(12)14/h5-7,15,17H,3-4,8-9H2,1-2H3. The topological polar surface area (TPSA) is 75.4 Å². The number of hydrogen-bond acceptors (Lipinski definition) is 4. The van der Waals surface area contributed by atoms with E-state index in [2.05, 4.69) is 5.32 Å². The highest BCUT2D eigenvalue weighted by Crippen LogP contribution is 2.28. The Hall–Kier alpha value is -1.69. The number of non-ortho nitro benzene ring substituents is 1. The number of anilines is 1. The minimum atomic E-state index is -0.566. The van der Waals surface area contributed by atoms with Gasteiger partial charge in [-0.15, -0.1) is 0 Å². The van der Waals surface area contributed by atoms with Crippen molar-refractivity contribution in [2.75, 3.05) is 18.5 Å². The summed E-state index contributed by atoms with van der Waals surface area (Å²) in [7, 11) is 0.